The normalized spacial score (nSPS) is 19.5. The van der Waals surface area contributed by atoms with Crippen molar-refractivity contribution in [3.05, 3.63) is 29.3 Å². The van der Waals surface area contributed by atoms with Gasteiger partial charge in [0, 0.05) is 0 Å². The molecule has 2 unspecified atom stereocenters. The van der Waals surface area contributed by atoms with Crippen molar-refractivity contribution in [2.75, 3.05) is 26.4 Å². The molecule has 0 bridgehead atoms. The number of amides is 1. The van der Waals surface area contributed by atoms with E-state index in [1.54, 1.807) is 17.0 Å². The van der Waals surface area contributed by atoms with E-state index >= 15 is 0 Å². The Labute approximate surface area is 154 Å². The second-order valence-electron chi connectivity index (χ2n) is 5.89. The lowest BCUT2D eigenvalue weighted by Crippen LogP contribution is -2.39. The van der Waals surface area contributed by atoms with Crippen LogP contribution in [-0.4, -0.2) is 49.5 Å². The highest BCUT2D eigenvalue weighted by atomic mass is 35.5. The first kappa shape index (κ1) is 19.4. The highest BCUT2D eigenvalue weighted by Crippen LogP contribution is 2.26. The number of rotatable bonds is 8. The largest absolute Gasteiger partial charge is 0.490 e. The summed E-state index contributed by atoms with van der Waals surface area (Å²) in [7, 11) is 0. The van der Waals surface area contributed by atoms with Crippen molar-refractivity contribution in [3.8, 4) is 18.1 Å². The number of nitrogens with zero attached hydrogens (tertiary/aromatic N) is 1. The first-order chi connectivity index (χ1) is 12.2. The van der Waals surface area contributed by atoms with Gasteiger partial charge in [0.2, 0.25) is 0 Å². The molecule has 0 aliphatic carbocycles. The molecule has 2 atom stereocenters. The molecule has 1 fully saturated rings. The Balaban J connectivity index is 1.96. The molecule has 1 heterocycles. The van der Waals surface area contributed by atoms with E-state index in [2.05, 4.69) is 5.92 Å². The molecule has 2 rings (SSSR count). The first-order valence-electron chi connectivity index (χ1n) is 8.51. The SMILES string of the molecule is C#CCOC1CC(COc2ccccc2Cl)N(C(=O)OCCCC)C1. The molecule has 5 nitrogen and oxygen atoms in total. The van der Waals surface area contributed by atoms with Gasteiger partial charge in [0.1, 0.15) is 19.0 Å². The summed E-state index contributed by atoms with van der Waals surface area (Å²) in [4.78, 5) is 14.0. The van der Waals surface area contributed by atoms with Gasteiger partial charge in [-0.15, -0.1) is 6.42 Å². The smallest absolute Gasteiger partial charge is 0.410 e. The summed E-state index contributed by atoms with van der Waals surface area (Å²) < 4.78 is 16.7. The maximum Gasteiger partial charge on any atom is 0.410 e. The predicted octanol–water partition coefficient (Wildman–Crippen LogP) is 3.75. The molecular formula is C19H24ClNO4. The van der Waals surface area contributed by atoms with Crippen LogP contribution in [0, 0.1) is 12.3 Å². The first-order valence-corrected chi connectivity index (χ1v) is 8.89. The Kier molecular flexibility index (Phi) is 7.90. The zero-order valence-corrected chi connectivity index (χ0v) is 15.2. The molecule has 136 valence electrons. The van der Waals surface area contributed by atoms with Crippen LogP contribution in [-0.2, 0) is 9.47 Å². The van der Waals surface area contributed by atoms with Crippen molar-refractivity contribution >= 4 is 17.7 Å². The minimum atomic E-state index is -0.340. The molecule has 0 spiro atoms. The van der Waals surface area contributed by atoms with Crippen molar-refractivity contribution in [2.24, 2.45) is 0 Å². The van der Waals surface area contributed by atoms with E-state index in [1.807, 2.05) is 19.1 Å². The highest BCUT2D eigenvalue weighted by molar-refractivity contribution is 6.32. The second kappa shape index (κ2) is 10.2. The lowest BCUT2D eigenvalue weighted by atomic mass is 10.2. The maximum atomic E-state index is 12.4. The number of hydrogen-bond donors (Lipinski definition) is 0. The van der Waals surface area contributed by atoms with E-state index in [9.17, 15) is 4.79 Å². The van der Waals surface area contributed by atoms with Crippen LogP contribution >= 0.6 is 11.6 Å². The van der Waals surface area contributed by atoms with Gasteiger partial charge in [-0.2, -0.15) is 0 Å². The van der Waals surface area contributed by atoms with Crippen molar-refractivity contribution in [1.29, 1.82) is 0 Å². The molecule has 1 aromatic carbocycles. The van der Waals surface area contributed by atoms with Gasteiger partial charge in [0.25, 0.3) is 0 Å². The summed E-state index contributed by atoms with van der Waals surface area (Å²) in [5.41, 5.74) is 0. The number of terminal acetylenes is 1. The third-order valence-electron chi connectivity index (χ3n) is 4.00. The summed E-state index contributed by atoms with van der Waals surface area (Å²) in [6, 6.07) is 7.11. The Morgan fingerprint density at radius 1 is 1.44 bits per heavy atom. The fourth-order valence-electron chi connectivity index (χ4n) is 2.68. The van der Waals surface area contributed by atoms with Crippen molar-refractivity contribution in [2.45, 2.75) is 38.3 Å². The molecule has 0 aromatic heterocycles. The van der Waals surface area contributed by atoms with Gasteiger partial charge in [-0.1, -0.05) is 43.0 Å². The monoisotopic (exact) mass is 365 g/mol. The molecule has 1 aliphatic rings. The van der Waals surface area contributed by atoms with Gasteiger partial charge < -0.3 is 14.2 Å². The quantitative estimate of drug-likeness (QED) is 0.520. The number of ether oxygens (including phenoxy) is 3. The molecule has 1 aromatic rings. The third-order valence-corrected chi connectivity index (χ3v) is 4.32. The van der Waals surface area contributed by atoms with Gasteiger partial charge in [0.15, 0.2) is 0 Å². The zero-order chi connectivity index (χ0) is 18.1. The average molecular weight is 366 g/mol. The molecule has 0 N–H and O–H groups in total. The van der Waals surface area contributed by atoms with Crippen LogP contribution in [0.15, 0.2) is 24.3 Å². The topological polar surface area (TPSA) is 48.0 Å². The molecule has 1 aliphatic heterocycles. The van der Waals surface area contributed by atoms with Crippen molar-refractivity contribution in [3.63, 3.8) is 0 Å². The molecule has 0 saturated carbocycles. The Morgan fingerprint density at radius 2 is 2.24 bits per heavy atom. The zero-order valence-electron chi connectivity index (χ0n) is 14.4. The van der Waals surface area contributed by atoms with Crippen LogP contribution in [0.1, 0.15) is 26.2 Å². The fourth-order valence-corrected chi connectivity index (χ4v) is 2.87. The number of para-hydroxylation sites is 1. The van der Waals surface area contributed by atoms with E-state index in [-0.39, 0.29) is 24.8 Å². The maximum absolute atomic E-state index is 12.4. The van der Waals surface area contributed by atoms with Crippen LogP contribution < -0.4 is 4.74 Å². The van der Waals surface area contributed by atoms with E-state index in [0.29, 0.717) is 37.0 Å². The Bertz CT molecular complexity index is 601. The highest BCUT2D eigenvalue weighted by Gasteiger charge is 2.37. The van der Waals surface area contributed by atoms with Crippen LogP contribution in [0.2, 0.25) is 5.02 Å². The minimum Gasteiger partial charge on any atom is -0.490 e. The number of hydrogen-bond acceptors (Lipinski definition) is 4. The standard InChI is InChI=1S/C19H24ClNO4/c1-3-5-11-24-19(22)21-13-16(23-10-4-2)12-15(21)14-25-18-9-7-6-8-17(18)20/h2,6-9,15-16H,3,5,10-14H2,1H3. The van der Waals surface area contributed by atoms with Crippen LogP contribution in [0.3, 0.4) is 0 Å². The van der Waals surface area contributed by atoms with E-state index < -0.39 is 0 Å². The van der Waals surface area contributed by atoms with Crippen LogP contribution in [0.4, 0.5) is 4.79 Å². The van der Waals surface area contributed by atoms with E-state index in [0.717, 1.165) is 12.8 Å². The second-order valence-corrected chi connectivity index (χ2v) is 6.30. The summed E-state index contributed by atoms with van der Waals surface area (Å²) >= 11 is 6.11. The average Bonchev–Trinajstić information content (AvgIpc) is 3.02. The number of unbranched alkanes of at least 4 members (excludes halogenated alkanes) is 1. The molecule has 0 radical (unpaired) electrons. The predicted molar refractivity (Wildman–Crippen MR) is 96.9 cm³/mol. The number of carbonyl (C=O) groups excluding carboxylic acids is 1. The third kappa shape index (κ3) is 5.84. The Morgan fingerprint density at radius 3 is 2.96 bits per heavy atom. The number of halogens is 1. The lowest BCUT2D eigenvalue weighted by Gasteiger charge is -2.24. The molecule has 1 saturated heterocycles. The summed E-state index contributed by atoms with van der Waals surface area (Å²) in [5.74, 6) is 3.05. The summed E-state index contributed by atoms with van der Waals surface area (Å²) in [5, 5.41) is 0.540. The van der Waals surface area contributed by atoms with E-state index in [4.69, 9.17) is 32.2 Å². The molecule has 6 heteroatoms. The van der Waals surface area contributed by atoms with Gasteiger partial charge in [-0.3, -0.25) is 4.90 Å². The van der Waals surface area contributed by atoms with Crippen molar-refractivity contribution in [1.82, 2.24) is 4.90 Å². The molecule has 25 heavy (non-hydrogen) atoms. The van der Waals surface area contributed by atoms with Gasteiger partial charge in [-0.25, -0.2) is 4.79 Å². The lowest BCUT2D eigenvalue weighted by molar-refractivity contribution is 0.0709. The molecular weight excluding hydrogens is 342 g/mol. The number of likely N-dealkylation sites (tertiary alicyclic amines) is 1. The van der Waals surface area contributed by atoms with Gasteiger partial charge in [0.05, 0.1) is 30.3 Å². The van der Waals surface area contributed by atoms with Crippen LogP contribution in [0.5, 0.6) is 5.75 Å². The Hall–Kier alpha value is -1.90. The number of benzene rings is 1. The van der Waals surface area contributed by atoms with Crippen molar-refractivity contribution < 1.29 is 19.0 Å². The van der Waals surface area contributed by atoms with Gasteiger partial charge in [-0.05, 0) is 25.0 Å². The summed E-state index contributed by atoms with van der Waals surface area (Å²) in [6.07, 6.45) is 7.26. The van der Waals surface area contributed by atoms with Gasteiger partial charge >= 0.3 is 6.09 Å². The van der Waals surface area contributed by atoms with Crippen LogP contribution in [0.25, 0.3) is 0 Å². The summed E-state index contributed by atoms with van der Waals surface area (Å²) in [6.45, 7) is 3.46. The number of carbonyl (C=O) groups is 1. The minimum absolute atomic E-state index is 0.116. The van der Waals surface area contributed by atoms with E-state index in [1.165, 1.54) is 0 Å². The molecule has 1 amide bonds. The fraction of sp³-hybridized carbons (Fsp3) is 0.526.